The number of nitrogens with zero attached hydrogens (tertiary/aromatic N) is 3. The van der Waals surface area contributed by atoms with Crippen LogP contribution in [-0.2, 0) is 16.1 Å². The lowest BCUT2D eigenvalue weighted by molar-refractivity contribution is -0.193. The van der Waals surface area contributed by atoms with Crippen LogP contribution in [0.5, 0.6) is 0 Å². The molecule has 2 fully saturated rings. The van der Waals surface area contributed by atoms with Gasteiger partial charge < -0.3 is 15.1 Å². The molecule has 31 heavy (non-hydrogen) atoms. The summed E-state index contributed by atoms with van der Waals surface area (Å²) in [6.45, 7) is 4.83. The largest absolute Gasteiger partial charge is 0.490 e. The Bertz CT molecular complexity index is 680. The third kappa shape index (κ3) is 8.99. The molecule has 0 aliphatic carbocycles. The van der Waals surface area contributed by atoms with Crippen LogP contribution in [0.25, 0.3) is 0 Å². The molecular weight excluding hydrogens is 456 g/mol. The fourth-order valence-electron chi connectivity index (χ4n) is 3.35. The topological polar surface area (TPSA) is 94.0 Å². The smallest absolute Gasteiger partial charge is 0.475 e. The number of likely N-dealkylation sites (tertiary alicyclic amines) is 2. The molecule has 1 aromatic rings. The van der Waals surface area contributed by atoms with E-state index in [0.29, 0.717) is 5.54 Å². The molecular formula is C17H23F6N3O4S. The molecule has 14 heteroatoms. The number of alkyl halides is 6. The number of halogens is 6. The molecule has 2 saturated heterocycles. The maximum atomic E-state index is 10.6. The van der Waals surface area contributed by atoms with E-state index in [1.807, 2.05) is 6.20 Å². The van der Waals surface area contributed by atoms with Crippen LogP contribution in [0.3, 0.4) is 0 Å². The molecule has 0 unspecified atom stereocenters. The van der Waals surface area contributed by atoms with Crippen molar-refractivity contribution in [3.05, 3.63) is 16.6 Å². The van der Waals surface area contributed by atoms with E-state index in [0.717, 1.165) is 6.54 Å². The quantitative estimate of drug-likeness (QED) is 0.628. The summed E-state index contributed by atoms with van der Waals surface area (Å²) in [5, 5.41) is 17.6. The molecule has 1 aromatic heterocycles. The minimum absolute atomic E-state index is 0.541. The number of carbonyl (C=O) groups is 2. The molecule has 0 amide bonds. The molecule has 2 aliphatic heterocycles. The second kappa shape index (κ2) is 11.1. The van der Waals surface area contributed by atoms with Crippen LogP contribution in [0.2, 0.25) is 0 Å². The number of carboxylic acid groups (broad SMARTS) is 2. The third-order valence-corrected chi connectivity index (χ3v) is 5.82. The highest BCUT2D eigenvalue weighted by Crippen LogP contribution is 2.37. The number of rotatable bonds is 2. The number of hydrogen-bond acceptors (Lipinski definition) is 6. The van der Waals surface area contributed by atoms with Gasteiger partial charge in [-0.3, -0.25) is 4.90 Å². The first-order chi connectivity index (χ1) is 14.2. The minimum atomic E-state index is -5.08. The van der Waals surface area contributed by atoms with Crippen LogP contribution >= 0.6 is 11.3 Å². The normalized spacial score (nSPS) is 19.2. The second-order valence-corrected chi connectivity index (χ2v) is 8.04. The highest BCUT2D eigenvalue weighted by molar-refractivity contribution is 7.09. The van der Waals surface area contributed by atoms with Crippen LogP contribution in [-0.4, -0.2) is 81.5 Å². The molecule has 2 aliphatic rings. The Balaban J connectivity index is 0.000000288. The van der Waals surface area contributed by atoms with Crippen molar-refractivity contribution in [3.63, 3.8) is 0 Å². The summed E-state index contributed by atoms with van der Waals surface area (Å²) >= 11 is 1.78. The van der Waals surface area contributed by atoms with Crippen LogP contribution in [0.1, 0.15) is 30.7 Å². The van der Waals surface area contributed by atoms with Gasteiger partial charge in [0, 0.05) is 30.2 Å². The Hall–Kier alpha value is -1.93. The van der Waals surface area contributed by atoms with Crippen molar-refractivity contribution in [1.82, 2.24) is 14.8 Å². The summed E-state index contributed by atoms with van der Waals surface area (Å²) in [6.07, 6.45) is -2.77. The lowest BCUT2D eigenvalue weighted by Gasteiger charge is -2.43. The Labute approximate surface area is 178 Å². The minimum Gasteiger partial charge on any atom is -0.475 e. The van der Waals surface area contributed by atoms with Crippen molar-refractivity contribution in [3.8, 4) is 0 Å². The molecule has 3 heterocycles. The number of piperidine rings is 1. The molecule has 2 N–H and O–H groups in total. The van der Waals surface area contributed by atoms with E-state index in [4.69, 9.17) is 19.8 Å². The van der Waals surface area contributed by atoms with Gasteiger partial charge in [0.05, 0.1) is 6.54 Å². The van der Waals surface area contributed by atoms with E-state index in [-0.39, 0.29) is 0 Å². The van der Waals surface area contributed by atoms with Gasteiger partial charge in [-0.15, -0.1) is 11.3 Å². The first-order valence-electron chi connectivity index (χ1n) is 9.09. The maximum absolute atomic E-state index is 10.6. The number of thiazole rings is 1. The standard InChI is InChI=1S/C13H21N3S.2C2HF3O2/c1-15-7-2-3-13(15)4-8-16(9-5-13)11-12-14-6-10-17-12;2*3-2(4,5)1(6)7/h6,10H,2-5,7-9,11H2,1H3;2*(H,6,7). The lowest BCUT2D eigenvalue weighted by Crippen LogP contribution is -2.50. The first kappa shape index (κ1) is 27.1. The van der Waals surface area contributed by atoms with Gasteiger partial charge in [-0.2, -0.15) is 26.3 Å². The van der Waals surface area contributed by atoms with E-state index in [1.54, 1.807) is 11.3 Å². The molecule has 3 rings (SSSR count). The summed E-state index contributed by atoms with van der Waals surface area (Å²) in [4.78, 5) is 27.3. The van der Waals surface area contributed by atoms with Gasteiger partial charge >= 0.3 is 24.3 Å². The molecule has 0 radical (unpaired) electrons. The molecule has 0 bridgehead atoms. The van der Waals surface area contributed by atoms with Gasteiger partial charge in [0.25, 0.3) is 0 Å². The van der Waals surface area contributed by atoms with Crippen LogP contribution in [0.4, 0.5) is 26.3 Å². The molecule has 0 atom stereocenters. The monoisotopic (exact) mass is 479 g/mol. The number of hydrogen-bond donors (Lipinski definition) is 2. The summed E-state index contributed by atoms with van der Waals surface area (Å²) in [5.41, 5.74) is 0.541. The number of carboxylic acids is 2. The lowest BCUT2D eigenvalue weighted by atomic mass is 9.85. The average Bonchev–Trinajstić information content (AvgIpc) is 3.27. The summed E-state index contributed by atoms with van der Waals surface area (Å²) in [6, 6.07) is 0. The third-order valence-electron chi connectivity index (χ3n) is 5.06. The summed E-state index contributed by atoms with van der Waals surface area (Å²) in [5.74, 6) is -5.51. The Kier molecular flexibility index (Phi) is 9.69. The number of aromatic nitrogens is 1. The second-order valence-electron chi connectivity index (χ2n) is 7.06. The first-order valence-corrected chi connectivity index (χ1v) is 9.97. The van der Waals surface area contributed by atoms with Crippen molar-refractivity contribution in [2.24, 2.45) is 0 Å². The van der Waals surface area contributed by atoms with Gasteiger partial charge in [0.2, 0.25) is 0 Å². The predicted molar refractivity (Wildman–Crippen MR) is 98.6 cm³/mol. The molecule has 7 nitrogen and oxygen atoms in total. The molecule has 0 saturated carbocycles. The van der Waals surface area contributed by atoms with E-state index in [2.05, 4.69) is 27.2 Å². The predicted octanol–water partition coefficient (Wildman–Crippen LogP) is 3.47. The van der Waals surface area contributed by atoms with Gasteiger partial charge in [-0.05, 0) is 39.3 Å². The molecule has 0 aromatic carbocycles. The van der Waals surface area contributed by atoms with Gasteiger partial charge in [-0.25, -0.2) is 14.6 Å². The molecule has 1 spiro atoms. The number of aliphatic carboxylic acids is 2. The zero-order valence-corrected chi connectivity index (χ0v) is 17.4. The van der Waals surface area contributed by atoms with Crippen LogP contribution < -0.4 is 0 Å². The Morgan fingerprint density at radius 1 is 1.03 bits per heavy atom. The SMILES string of the molecule is CN1CCCC12CCN(Cc1nccs1)CC2.O=C(O)C(F)(F)F.O=C(O)C(F)(F)F. The van der Waals surface area contributed by atoms with Gasteiger partial charge in [0.15, 0.2) is 0 Å². The fraction of sp³-hybridized carbons (Fsp3) is 0.706. The van der Waals surface area contributed by atoms with E-state index >= 15 is 0 Å². The van der Waals surface area contributed by atoms with Gasteiger partial charge in [-0.1, -0.05) is 0 Å². The van der Waals surface area contributed by atoms with Crippen molar-refractivity contribution >= 4 is 23.3 Å². The highest BCUT2D eigenvalue weighted by atomic mass is 32.1. The fourth-order valence-corrected chi connectivity index (χ4v) is 4.01. The maximum Gasteiger partial charge on any atom is 0.490 e. The molecule has 178 valence electrons. The van der Waals surface area contributed by atoms with E-state index in [1.165, 1.54) is 50.3 Å². The zero-order valence-electron chi connectivity index (χ0n) is 16.5. The Morgan fingerprint density at radius 3 is 1.84 bits per heavy atom. The summed E-state index contributed by atoms with van der Waals surface area (Å²) < 4.78 is 63.5. The zero-order chi connectivity index (χ0) is 23.9. The van der Waals surface area contributed by atoms with Gasteiger partial charge in [0.1, 0.15) is 5.01 Å². The van der Waals surface area contributed by atoms with Crippen LogP contribution in [0.15, 0.2) is 11.6 Å². The van der Waals surface area contributed by atoms with Crippen molar-refractivity contribution in [2.75, 3.05) is 26.7 Å². The average molecular weight is 479 g/mol. The Morgan fingerprint density at radius 2 is 1.52 bits per heavy atom. The van der Waals surface area contributed by atoms with E-state index in [9.17, 15) is 26.3 Å². The van der Waals surface area contributed by atoms with E-state index < -0.39 is 24.3 Å². The van der Waals surface area contributed by atoms with Crippen molar-refractivity contribution in [2.45, 2.75) is 50.1 Å². The summed E-state index contributed by atoms with van der Waals surface area (Å²) in [7, 11) is 2.31. The van der Waals surface area contributed by atoms with Crippen molar-refractivity contribution in [1.29, 1.82) is 0 Å². The van der Waals surface area contributed by atoms with Crippen molar-refractivity contribution < 1.29 is 46.1 Å². The highest BCUT2D eigenvalue weighted by Gasteiger charge is 2.41. The van der Waals surface area contributed by atoms with Crippen LogP contribution in [0, 0.1) is 0 Å².